The Labute approximate surface area is 166 Å². The molecule has 1 fully saturated rings. The summed E-state index contributed by atoms with van der Waals surface area (Å²) in [7, 11) is 1.55. The maximum absolute atomic E-state index is 12.5. The van der Waals surface area contributed by atoms with Crippen LogP contribution in [-0.2, 0) is 9.59 Å². The molecule has 0 radical (unpaired) electrons. The number of carbonyl (C=O) groups is 2. The van der Waals surface area contributed by atoms with Crippen LogP contribution >= 0.6 is 24.0 Å². The fourth-order valence-corrected chi connectivity index (χ4v) is 3.84. The first-order valence-electron chi connectivity index (χ1n) is 8.30. The van der Waals surface area contributed by atoms with Gasteiger partial charge in [-0.15, -0.1) is 0 Å². The lowest BCUT2D eigenvalue weighted by Crippen LogP contribution is -2.29. The minimum Gasteiger partial charge on any atom is -0.495 e. The quantitative estimate of drug-likeness (QED) is 0.559. The summed E-state index contributed by atoms with van der Waals surface area (Å²) in [5, 5.41) is 2.82. The van der Waals surface area contributed by atoms with E-state index in [9.17, 15) is 9.59 Å². The van der Waals surface area contributed by atoms with Crippen LogP contribution in [0.5, 0.6) is 5.75 Å². The smallest absolute Gasteiger partial charge is 0.266 e. The van der Waals surface area contributed by atoms with Gasteiger partial charge in [0.1, 0.15) is 15.8 Å². The van der Waals surface area contributed by atoms with Gasteiger partial charge in [-0.3, -0.25) is 14.5 Å². The number of rotatable bonds is 7. The Balaban J connectivity index is 1.52. The molecule has 6 nitrogen and oxygen atoms in total. The molecule has 2 heterocycles. The van der Waals surface area contributed by atoms with Gasteiger partial charge in [0.25, 0.3) is 5.91 Å². The maximum Gasteiger partial charge on any atom is 0.266 e. The number of hydrogen-bond acceptors (Lipinski definition) is 6. The summed E-state index contributed by atoms with van der Waals surface area (Å²) in [5.41, 5.74) is 0.622. The summed E-state index contributed by atoms with van der Waals surface area (Å²) in [6.45, 7) is 0.388. The van der Waals surface area contributed by atoms with E-state index in [-0.39, 0.29) is 18.2 Å². The fraction of sp³-hybridized carbons (Fsp3) is 0.211. The Kier molecular flexibility index (Phi) is 6.31. The second-order valence-electron chi connectivity index (χ2n) is 5.70. The summed E-state index contributed by atoms with van der Waals surface area (Å²) < 4.78 is 10.9. The van der Waals surface area contributed by atoms with Gasteiger partial charge < -0.3 is 14.5 Å². The van der Waals surface area contributed by atoms with Gasteiger partial charge in [0.05, 0.1) is 24.0 Å². The lowest BCUT2D eigenvalue weighted by molar-refractivity contribution is -0.122. The number of nitrogens with one attached hydrogen (secondary N) is 1. The van der Waals surface area contributed by atoms with E-state index in [0.29, 0.717) is 39.4 Å². The molecule has 1 aromatic heterocycles. The van der Waals surface area contributed by atoms with Crippen LogP contribution in [0.2, 0.25) is 0 Å². The average molecular weight is 402 g/mol. The molecule has 1 aliphatic rings. The molecule has 0 aliphatic carbocycles. The number of hydrogen-bond donors (Lipinski definition) is 1. The van der Waals surface area contributed by atoms with E-state index in [1.807, 2.05) is 12.1 Å². The van der Waals surface area contributed by atoms with Crippen molar-refractivity contribution in [2.75, 3.05) is 19.0 Å². The van der Waals surface area contributed by atoms with Crippen molar-refractivity contribution in [2.24, 2.45) is 0 Å². The molecule has 3 rings (SSSR count). The predicted molar refractivity (Wildman–Crippen MR) is 109 cm³/mol. The molecule has 0 bridgehead atoms. The van der Waals surface area contributed by atoms with E-state index < -0.39 is 0 Å². The first-order valence-corrected chi connectivity index (χ1v) is 9.52. The SMILES string of the molecule is COc1ccccc1NC(=O)CCCN1C(=O)/C(=C\c2ccco2)SC1=S. The topological polar surface area (TPSA) is 71.8 Å². The van der Waals surface area contributed by atoms with Crippen LogP contribution in [0.1, 0.15) is 18.6 Å². The molecular formula is C19H18N2O4S2. The first-order chi connectivity index (χ1) is 13.1. The highest BCUT2D eigenvalue weighted by Crippen LogP contribution is 2.32. The number of benzene rings is 1. The van der Waals surface area contributed by atoms with Crippen LogP contribution in [0.3, 0.4) is 0 Å². The van der Waals surface area contributed by atoms with E-state index in [0.717, 1.165) is 0 Å². The molecule has 140 valence electrons. The maximum atomic E-state index is 12.5. The third-order valence-electron chi connectivity index (χ3n) is 3.86. The molecule has 0 unspecified atom stereocenters. The van der Waals surface area contributed by atoms with Gasteiger partial charge >= 0.3 is 0 Å². The second kappa shape index (κ2) is 8.88. The van der Waals surface area contributed by atoms with Crippen LogP contribution in [0.15, 0.2) is 52.0 Å². The molecule has 0 saturated carbocycles. The number of nitrogens with zero attached hydrogens (tertiary/aromatic N) is 1. The molecule has 1 N–H and O–H groups in total. The molecule has 0 spiro atoms. The summed E-state index contributed by atoms with van der Waals surface area (Å²) in [6, 6.07) is 10.7. The lowest BCUT2D eigenvalue weighted by Gasteiger charge is -2.14. The molecule has 1 saturated heterocycles. The van der Waals surface area contributed by atoms with Crippen molar-refractivity contribution in [3.05, 3.63) is 53.3 Å². The van der Waals surface area contributed by atoms with Crippen LogP contribution < -0.4 is 10.1 Å². The molecule has 2 aromatic rings. The standard InChI is InChI=1S/C19H18N2O4S2/c1-24-15-8-3-2-7-14(15)20-17(22)9-4-10-21-18(23)16(27-19(21)26)12-13-6-5-11-25-13/h2-3,5-8,11-12H,4,9-10H2,1H3,(H,20,22)/b16-12+. The minimum absolute atomic E-state index is 0.143. The van der Waals surface area contributed by atoms with Crippen LogP contribution in [-0.4, -0.2) is 34.7 Å². The Morgan fingerprint density at radius 1 is 1.33 bits per heavy atom. The van der Waals surface area contributed by atoms with Gasteiger partial charge in [0.15, 0.2) is 0 Å². The van der Waals surface area contributed by atoms with Crippen molar-refractivity contribution in [2.45, 2.75) is 12.8 Å². The van der Waals surface area contributed by atoms with Gasteiger partial charge in [0.2, 0.25) is 5.91 Å². The Morgan fingerprint density at radius 2 is 2.15 bits per heavy atom. The van der Waals surface area contributed by atoms with Crippen LogP contribution in [0.4, 0.5) is 5.69 Å². The average Bonchev–Trinajstić information content (AvgIpc) is 3.26. The summed E-state index contributed by atoms with van der Waals surface area (Å²) in [6.07, 6.45) is 3.99. The number of methoxy groups -OCH3 is 1. The molecule has 1 aromatic carbocycles. The summed E-state index contributed by atoms with van der Waals surface area (Å²) in [4.78, 5) is 26.7. The first kappa shape index (κ1) is 19.2. The third kappa shape index (κ3) is 4.78. The zero-order valence-electron chi connectivity index (χ0n) is 14.6. The van der Waals surface area contributed by atoms with Crippen molar-refractivity contribution in [1.29, 1.82) is 0 Å². The van der Waals surface area contributed by atoms with E-state index in [1.165, 1.54) is 16.7 Å². The Hall–Kier alpha value is -2.58. The second-order valence-corrected chi connectivity index (χ2v) is 7.38. The molecule has 1 aliphatic heterocycles. The lowest BCUT2D eigenvalue weighted by atomic mass is 10.2. The third-order valence-corrected chi connectivity index (χ3v) is 5.23. The van der Waals surface area contributed by atoms with Crippen LogP contribution in [0, 0.1) is 0 Å². The van der Waals surface area contributed by atoms with Gasteiger partial charge in [-0.2, -0.15) is 0 Å². The zero-order chi connectivity index (χ0) is 19.2. The molecule has 0 atom stereocenters. The van der Waals surface area contributed by atoms with E-state index in [2.05, 4.69) is 5.32 Å². The van der Waals surface area contributed by atoms with Gasteiger partial charge in [-0.25, -0.2) is 0 Å². The largest absolute Gasteiger partial charge is 0.495 e. The molecule has 8 heteroatoms. The molecule has 27 heavy (non-hydrogen) atoms. The van der Waals surface area contributed by atoms with E-state index >= 15 is 0 Å². The summed E-state index contributed by atoms with van der Waals surface area (Å²) in [5.74, 6) is 0.903. The summed E-state index contributed by atoms with van der Waals surface area (Å²) >= 11 is 6.52. The highest BCUT2D eigenvalue weighted by atomic mass is 32.2. The number of ether oxygens (including phenoxy) is 1. The normalized spacial score (nSPS) is 15.4. The van der Waals surface area contributed by atoms with Gasteiger partial charge in [-0.05, 0) is 30.7 Å². The monoisotopic (exact) mass is 402 g/mol. The van der Waals surface area contributed by atoms with Crippen molar-refractivity contribution in [3.8, 4) is 5.75 Å². The Morgan fingerprint density at radius 3 is 2.89 bits per heavy atom. The van der Waals surface area contributed by atoms with E-state index in [4.69, 9.17) is 21.4 Å². The molecule has 2 amide bonds. The highest BCUT2D eigenvalue weighted by molar-refractivity contribution is 8.26. The van der Waals surface area contributed by atoms with Crippen molar-refractivity contribution < 1.29 is 18.7 Å². The van der Waals surface area contributed by atoms with Crippen LogP contribution in [0.25, 0.3) is 6.08 Å². The van der Waals surface area contributed by atoms with Gasteiger partial charge in [0, 0.05) is 19.0 Å². The van der Waals surface area contributed by atoms with Crippen molar-refractivity contribution in [1.82, 2.24) is 4.90 Å². The number of thiocarbonyl (C=S) groups is 1. The number of amides is 2. The highest BCUT2D eigenvalue weighted by Gasteiger charge is 2.31. The number of anilines is 1. The van der Waals surface area contributed by atoms with Crippen molar-refractivity contribution in [3.63, 3.8) is 0 Å². The van der Waals surface area contributed by atoms with E-state index in [1.54, 1.807) is 43.7 Å². The molecular weight excluding hydrogens is 384 g/mol. The van der Waals surface area contributed by atoms with Crippen molar-refractivity contribution >= 4 is 51.9 Å². The minimum atomic E-state index is -0.161. The predicted octanol–water partition coefficient (Wildman–Crippen LogP) is 3.91. The van der Waals surface area contributed by atoms with Gasteiger partial charge in [-0.1, -0.05) is 36.1 Å². The number of carbonyl (C=O) groups excluding carboxylic acids is 2. The number of thioether (sulfide) groups is 1. The zero-order valence-corrected chi connectivity index (χ0v) is 16.3. The fourth-order valence-electron chi connectivity index (χ4n) is 2.55. The number of para-hydroxylation sites is 2. The number of furan rings is 1. The Bertz CT molecular complexity index is 878.